The van der Waals surface area contributed by atoms with Crippen LogP contribution in [0.1, 0.15) is 28.7 Å². The number of nitrogens with one attached hydrogen (secondary N) is 1. The van der Waals surface area contributed by atoms with E-state index in [1.54, 1.807) is 10.6 Å². The summed E-state index contributed by atoms with van der Waals surface area (Å²) in [5, 5.41) is 6.42. The summed E-state index contributed by atoms with van der Waals surface area (Å²) in [5.41, 5.74) is 7.02. The number of fused-ring (bicyclic) bond motifs is 1. The van der Waals surface area contributed by atoms with E-state index in [1.165, 1.54) is 16.9 Å². The van der Waals surface area contributed by atoms with E-state index in [0.717, 1.165) is 38.9 Å². The van der Waals surface area contributed by atoms with Crippen LogP contribution in [0.15, 0.2) is 52.6 Å². The molecule has 5 nitrogen and oxygen atoms in total. The molecule has 0 aliphatic rings. The normalized spacial score (nSPS) is 11.1. The zero-order valence-corrected chi connectivity index (χ0v) is 19.0. The summed E-state index contributed by atoms with van der Waals surface area (Å²) in [4.78, 5) is 29.8. The summed E-state index contributed by atoms with van der Waals surface area (Å²) in [7, 11) is 0. The van der Waals surface area contributed by atoms with Gasteiger partial charge in [0.25, 0.3) is 5.56 Å². The van der Waals surface area contributed by atoms with Crippen LogP contribution in [-0.4, -0.2) is 15.5 Å². The third-order valence-electron chi connectivity index (χ3n) is 5.41. The molecule has 0 unspecified atom stereocenters. The molecule has 6 heteroatoms. The van der Waals surface area contributed by atoms with Crippen LogP contribution in [0, 0.1) is 27.7 Å². The zero-order chi connectivity index (χ0) is 22.1. The Kier molecular flexibility index (Phi) is 5.74. The number of carbonyl (C=O) groups is 1. The lowest BCUT2D eigenvalue weighted by molar-refractivity contribution is -0.116. The van der Waals surface area contributed by atoms with Gasteiger partial charge in [0.2, 0.25) is 5.91 Å². The summed E-state index contributed by atoms with van der Waals surface area (Å²) in [6.07, 6.45) is 0.199. The van der Waals surface area contributed by atoms with E-state index in [9.17, 15) is 9.59 Å². The summed E-state index contributed by atoms with van der Waals surface area (Å²) in [6.45, 7) is 8.37. The van der Waals surface area contributed by atoms with Crippen molar-refractivity contribution in [2.24, 2.45) is 0 Å². The van der Waals surface area contributed by atoms with Gasteiger partial charge in [-0.2, -0.15) is 0 Å². The third-order valence-corrected chi connectivity index (χ3v) is 6.16. The van der Waals surface area contributed by atoms with Gasteiger partial charge >= 0.3 is 0 Å². The number of nitrogens with zero attached hydrogens (tertiary/aromatic N) is 2. The fourth-order valence-electron chi connectivity index (χ4n) is 3.88. The van der Waals surface area contributed by atoms with Crippen LogP contribution in [0.3, 0.4) is 0 Å². The molecule has 0 fully saturated rings. The zero-order valence-electron chi connectivity index (χ0n) is 18.2. The number of rotatable bonds is 5. The summed E-state index contributed by atoms with van der Waals surface area (Å²) < 4.78 is 1.70. The maximum absolute atomic E-state index is 12.7. The van der Waals surface area contributed by atoms with E-state index >= 15 is 0 Å². The van der Waals surface area contributed by atoms with Gasteiger partial charge in [-0.15, -0.1) is 11.3 Å². The first-order valence-corrected chi connectivity index (χ1v) is 11.1. The molecule has 0 spiro atoms. The molecule has 0 saturated carbocycles. The minimum Gasteiger partial charge on any atom is -0.307 e. The second-order valence-electron chi connectivity index (χ2n) is 8.00. The molecule has 0 bridgehead atoms. The average Bonchev–Trinajstić information content (AvgIpc) is 3.17. The molecule has 2 heterocycles. The van der Waals surface area contributed by atoms with Gasteiger partial charge < -0.3 is 9.88 Å². The fraction of sp³-hybridized carbons (Fsp3) is 0.240. The van der Waals surface area contributed by atoms with Gasteiger partial charge in [0.15, 0.2) is 5.13 Å². The monoisotopic (exact) mass is 431 g/mol. The lowest BCUT2D eigenvalue weighted by Gasteiger charge is -2.15. The van der Waals surface area contributed by atoms with Crippen molar-refractivity contribution in [3.63, 3.8) is 0 Å². The molecular formula is C25H25N3O2S. The first-order chi connectivity index (χ1) is 14.8. The Bertz CT molecular complexity index is 1330. The number of carbonyl (C=O) groups excluding carboxylic acids is 1. The van der Waals surface area contributed by atoms with Crippen LogP contribution in [0.4, 0.5) is 5.13 Å². The molecule has 1 amide bonds. The average molecular weight is 432 g/mol. The molecule has 4 aromatic rings. The van der Waals surface area contributed by atoms with E-state index in [4.69, 9.17) is 0 Å². The van der Waals surface area contributed by atoms with Gasteiger partial charge in [-0.05, 0) is 44.9 Å². The van der Waals surface area contributed by atoms with Crippen molar-refractivity contribution >= 4 is 33.3 Å². The lowest BCUT2D eigenvalue weighted by atomic mass is 10.0. The van der Waals surface area contributed by atoms with Crippen LogP contribution in [0.2, 0.25) is 0 Å². The van der Waals surface area contributed by atoms with Crippen molar-refractivity contribution in [2.75, 3.05) is 5.32 Å². The topological polar surface area (TPSA) is 64.0 Å². The number of aromatic nitrogens is 2. The second-order valence-corrected chi connectivity index (χ2v) is 8.86. The summed E-state index contributed by atoms with van der Waals surface area (Å²) in [5.74, 6) is -0.157. The Balaban J connectivity index is 1.50. The molecule has 4 rings (SSSR count). The highest BCUT2D eigenvalue weighted by atomic mass is 32.1. The van der Waals surface area contributed by atoms with Crippen molar-refractivity contribution in [1.29, 1.82) is 0 Å². The SMILES string of the molecule is Cc1ccc(-c2csc(NC(=O)CCn3c(=O)cc(C)c4cc(C)cc(C)c43)n2)cc1. The van der Waals surface area contributed by atoms with Crippen LogP contribution >= 0.6 is 11.3 Å². The van der Waals surface area contributed by atoms with E-state index in [1.807, 2.05) is 57.3 Å². The second kappa shape index (κ2) is 8.47. The number of aryl methyl sites for hydroxylation is 5. The predicted molar refractivity (Wildman–Crippen MR) is 128 cm³/mol. The molecule has 0 aliphatic carbocycles. The molecule has 158 valence electrons. The number of amides is 1. The number of anilines is 1. The Morgan fingerprint density at radius 1 is 1.00 bits per heavy atom. The van der Waals surface area contributed by atoms with Crippen LogP contribution in [0.5, 0.6) is 0 Å². The van der Waals surface area contributed by atoms with Gasteiger partial charge in [-0.3, -0.25) is 9.59 Å². The molecule has 0 aliphatic heterocycles. The third kappa shape index (κ3) is 4.44. The molecule has 31 heavy (non-hydrogen) atoms. The highest BCUT2D eigenvalue weighted by Crippen LogP contribution is 2.26. The minimum atomic E-state index is -0.157. The smallest absolute Gasteiger partial charge is 0.251 e. The van der Waals surface area contributed by atoms with E-state index in [-0.39, 0.29) is 17.9 Å². The molecule has 1 N–H and O–H groups in total. The summed E-state index contributed by atoms with van der Waals surface area (Å²) >= 11 is 1.40. The van der Waals surface area contributed by atoms with Gasteiger partial charge in [-0.1, -0.05) is 41.5 Å². The highest BCUT2D eigenvalue weighted by molar-refractivity contribution is 7.14. The van der Waals surface area contributed by atoms with Crippen molar-refractivity contribution in [1.82, 2.24) is 9.55 Å². The Hall–Kier alpha value is -3.25. The predicted octanol–water partition coefficient (Wildman–Crippen LogP) is 5.39. The van der Waals surface area contributed by atoms with Crippen molar-refractivity contribution in [3.05, 3.63) is 80.5 Å². The lowest BCUT2D eigenvalue weighted by Crippen LogP contribution is -2.24. The summed E-state index contributed by atoms with van der Waals surface area (Å²) in [6, 6.07) is 13.9. The van der Waals surface area contributed by atoms with Crippen molar-refractivity contribution < 1.29 is 4.79 Å². The van der Waals surface area contributed by atoms with Gasteiger partial charge in [-0.25, -0.2) is 4.98 Å². The molecule has 0 atom stereocenters. The molecule has 2 aromatic carbocycles. The number of benzene rings is 2. The van der Waals surface area contributed by atoms with Gasteiger partial charge in [0.05, 0.1) is 11.2 Å². The van der Waals surface area contributed by atoms with Gasteiger partial charge in [0, 0.05) is 35.4 Å². The molecule has 2 aromatic heterocycles. The Labute approximate surface area is 185 Å². The first-order valence-electron chi connectivity index (χ1n) is 10.3. The first kappa shape index (κ1) is 21.0. The Morgan fingerprint density at radius 2 is 1.74 bits per heavy atom. The maximum atomic E-state index is 12.7. The van der Waals surface area contributed by atoms with E-state index in [0.29, 0.717) is 11.7 Å². The molecule has 0 saturated heterocycles. The van der Waals surface area contributed by atoms with E-state index < -0.39 is 0 Å². The van der Waals surface area contributed by atoms with Crippen LogP contribution in [0.25, 0.3) is 22.2 Å². The van der Waals surface area contributed by atoms with E-state index in [2.05, 4.69) is 22.4 Å². The minimum absolute atomic E-state index is 0.0827. The quantitative estimate of drug-likeness (QED) is 0.461. The molecular weight excluding hydrogens is 406 g/mol. The Morgan fingerprint density at radius 3 is 2.48 bits per heavy atom. The van der Waals surface area contributed by atoms with Crippen molar-refractivity contribution in [3.8, 4) is 11.3 Å². The maximum Gasteiger partial charge on any atom is 0.251 e. The van der Waals surface area contributed by atoms with Gasteiger partial charge in [0.1, 0.15) is 0 Å². The molecule has 0 radical (unpaired) electrons. The van der Waals surface area contributed by atoms with Crippen LogP contribution < -0.4 is 10.9 Å². The largest absolute Gasteiger partial charge is 0.307 e. The number of hydrogen-bond acceptors (Lipinski definition) is 4. The highest BCUT2D eigenvalue weighted by Gasteiger charge is 2.13. The standard InChI is InChI=1S/C25H25N3O2S/c1-15-5-7-19(8-6-15)21-14-31-25(26-21)27-22(29)9-10-28-23(30)13-17(3)20-12-16(2)11-18(4)24(20)28/h5-8,11-14H,9-10H2,1-4H3,(H,26,27,29). The number of hydrogen-bond donors (Lipinski definition) is 1. The van der Waals surface area contributed by atoms with Crippen molar-refractivity contribution in [2.45, 2.75) is 40.7 Å². The fourth-order valence-corrected chi connectivity index (χ4v) is 4.61. The number of thiazole rings is 1. The number of pyridine rings is 1. The van der Waals surface area contributed by atoms with Crippen LogP contribution in [-0.2, 0) is 11.3 Å².